The van der Waals surface area contributed by atoms with Crippen LogP contribution in [0.4, 0.5) is 6.01 Å². The highest BCUT2D eigenvalue weighted by molar-refractivity contribution is 5.92. The van der Waals surface area contributed by atoms with Crippen LogP contribution >= 0.6 is 0 Å². The summed E-state index contributed by atoms with van der Waals surface area (Å²) in [5.74, 6) is -0.268. The van der Waals surface area contributed by atoms with E-state index in [2.05, 4.69) is 20.5 Å². The van der Waals surface area contributed by atoms with Gasteiger partial charge in [0.1, 0.15) is 11.8 Å². The van der Waals surface area contributed by atoms with Crippen LogP contribution in [0.15, 0.2) is 28.9 Å². The highest BCUT2D eigenvalue weighted by atomic mass is 16.4. The Hall–Kier alpha value is -2.90. The van der Waals surface area contributed by atoms with E-state index < -0.39 is 5.97 Å². The SMILES string of the molecule is Cn1cnnc1CNc1nc2ccc(C(=O)O)cc2o1. The summed E-state index contributed by atoms with van der Waals surface area (Å²) in [6.45, 7) is 0.412. The van der Waals surface area contributed by atoms with Crippen LogP contribution in [0.3, 0.4) is 0 Å². The maximum absolute atomic E-state index is 10.9. The van der Waals surface area contributed by atoms with Crippen molar-refractivity contribution in [2.75, 3.05) is 5.32 Å². The molecule has 3 aromatic rings. The minimum absolute atomic E-state index is 0.161. The van der Waals surface area contributed by atoms with Crippen LogP contribution < -0.4 is 5.32 Å². The average Bonchev–Trinajstić information content (AvgIpc) is 3.00. The molecule has 3 rings (SSSR count). The fourth-order valence-corrected chi connectivity index (χ4v) is 1.76. The van der Waals surface area contributed by atoms with Gasteiger partial charge < -0.3 is 19.4 Å². The first kappa shape index (κ1) is 12.2. The molecule has 0 aliphatic carbocycles. The molecule has 8 nitrogen and oxygen atoms in total. The predicted molar refractivity (Wildman–Crippen MR) is 69.3 cm³/mol. The summed E-state index contributed by atoms with van der Waals surface area (Å²) in [5, 5.41) is 19.6. The molecule has 2 heterocycles. The first-order chi connectivity index (χ1) is 9.63. The van der Waals surface area contributed by atoms with Crippen LogP contribution in [-0.4, -0.2) is 30.8 Å². The normalized spacial score (nSPS) is 10.8. The Kier molecular flexibility index (Phi) is 2.82. The number of nitrogens with one attached hydrogen (secondary N) is 1. The van der Waals surface area contributed by atoms with Gasteiger partial charge in [-0.25, -0.2) is 4.79 Å². The molecule has 20 heavy (non-hydrogen) atoms. The van der Waals surface area contributed by atoms with Gasteiger partial charge in [0, 0.05) is 7.05 Å². The first-order valence-corrected chi connectivity index (χ1v) is 5.84. The molecule has 0 aliphatic heterocycles. The second-order valence-corrected chi connectivity index (χ2v) is 4.22. The van der Waals surface area contributed by atoms with E-state index in [1.807, 2.05) is 7.05 Å². The van der Waals surface area contributed by atoms with Gasteiger partial charge in [-0.2, -0.15) is 4.98 Å². The number of hydrogen-bond donors (Lipinski definition) is 2. The van der Waals surface area contributed by atoms with E-state index in [4.69, 9.17) is 9.52 Å². The second-order valence-electron chi connectivity index (χ2n) is 4.22. The van der Waals surface area contributed by atoms with Crippen LogP contribution in [0.2, 0.25) is 0 Å². The number of carbonyl (C=O) groups is 1. The fourth-order valence-electron chi connectivity index (χ4n) is 1.76. The number of benzene rings is 1. The maximum atomic E-state index is 10.9. The van der Waals surface area contributed by atoms with Gasteiger partial charge >= 0.3 is 5.97 Å². The van der Waals surface area contributed by atoms with Gasteiger partial charge in [-0.15, -0.1) is 10.2 Å². The largest absolute Gasteiger partial charge is 0.478 e. The molecule has 1 aromatic carbocycles. The number of fused-ring (bicyclic) bond motifs is 1. The van der Waals surface area contributed by atoms with E-state index in [0.717, 1.165) is 5.82 Å². The number of oxazole rings is 1. The molecule has 8 heteroatoms. The Bertz CT molecular complexity index is 776. The summed E-state index contributed by atoms with van der Waals surface area (Å²) in [4.78, 5) is 15.1. The van der Waals surface area contributed by atoms with E-state index in [-0.39, 0.29) is 5.56 Å². The van der Waals surface area contributed by atoms with Gasteiger partial charge in [-0.05, 0) is 18.2 Å². The minimum atomic E-state index is -1.00. The van der Waals surface area contributed by atoms with Crippen molar-refractivity contribution in [2.24, 2.45) is 7.05 Å². The summed E-state index contributed by atoms with van der Waals surface area (Å²) < 4.78 is 7.23. The zero-order valence-corrected chi connectivity index (χ0v) is 10.6. The third-order valence-electron chi connectivity index (χ3n) is 2.84. The van der Waals surface area contributed by atoms with Crippen LogP contribution in [0, 0.1) is 0 Å². The fraction of sp³-hybridized carbons (Fsp3) is 0.167. The molecule has 0 bridgehead atoms. The Balaban J connectivity index is 1.82. The summed E-state index contributed by atoms with van der Waals surface area (Å²) in [6, 6.07) is 4.85. The van der Waals surface area contributed by atoms with E-state index in [0.29, 0.717) is 23.7 Å². The minimum Gasteiger partial charge on any atom is -0.478 e. The molecule has 0 saturated heterocycles. The average molecular weight is 273 g/mol. The lowest BCUT2D eigenvalue weighted by Gasteiger charge is -1.99. The van der Waals surface area contributed by atoms with E-state index in [1.54, 1.807) is 17.0 Å². The van der Waals surface area contributed by atoms with E-state index >= 15 is 0 Å². The van der Waals surface area contributed by atoms with Gasteiger partial charge in [0.2, 0.25) is 0 Å². The third-order valence-corrected chi connectivity index (χ3v) is 2.84. The van der Waals surface area contributed by atoms with E-state index in [1.165, 1.54) is 12.1 Å². The number of nitrogens with zero attached hydrogens (tertiary/aromatic N) is 4. The molecule has 0 fully saturated rings. The van der Waals surface area contributed by atoms with Crippen molar-refractivity contribution in [3.63, 3.8) is 0 Å². The first-order valence-electron chi connectivity index (χ1n) is 5.84. The zero-order chi connectivity index (χ0) is 14.1. The highest BCUT2D eigenvalue weighted by Crippen LogP contribution is 2.20. The lowest BCUT2D eigenvalue weighted by atomic mass is 10.2. The van der Waals surface area contributed by atoms with Crippen molar-refractivity contribution in [2.45, 2.75) is 6.54 Å². The van der Waals surface area contributed by atoms with Crippen molar-refractivity contribution < 1.29 is 14.3 Å². The van der Waals surface area contributed by atoms with Gasteiger partial charge in [-0.1, -0.05) is 0 Å². The van der Waals surface area contributed by atoms with Crippen LogP contribution in [0.25, 0.3) is 11.1 Å². The van der Waals surface area contributed by atoms with Crippen LogP contribution in [-0.2, 0) is 13.6 Å². The number of carboxylic acids is 1. The van der Waals surface area contributed by atoms with Crippen LogP contribution in [0.1, 0.15) is 16.2 Å². The molecule has 0 saturated carbocycles. The van der Waals surface area contributed by atoms with E-state index in [9.17, 15) is 4.79 Å². The van der Waals surface area contributed by atoms with Gasteiger partial charge in [0.05, 0.1) is 12.1 Å². The standard InChI is InChI=1S/C12H11N5O3/c1-17-6-14-16-10(17)5-13-12-15-8-3-2-7(11(18)19)4-9(8)20-12/h2-4,6H,5H2,1H3,(H,13,15)(H,18,19). The van der Waals surface area contributed by atoms with Crippen LogP contribution in [0.5, 0.6) is 0 Å². The Morgan fingerprint density at radius 2 is 2.35 bits per heavy atom. The summed E-state index contributed by atoms with van der Waals surface area (Å²) >= 11 is 0. The predicted octanol–water partition coefficient (Wildman–Crippen LogP) is 1.27. The molecule has 0 radical (unpaired) electrons. The number of anilines is 1. The van der Waals surface area contributed by atoms with Crippen molar-refractivity contribution in [1.29, 1.82) is 0 Å². The molecule has 0 aliphatic rings. The molecular weight excluding hydrogens is 262 g/mol. The quantitative estimate of drug-likeness (QED) is 0.737. The number of aromatic nitrogens is 4. The smallest absolute Gasteiger partial charge is 0.335 e. The molecule has 2 N–H and O–H groups in total. The molecule has 0 unspecified atom stereocenters. The lowest BCUT2D eigenvalue weighted by molar-refractivity contribution is 0.0697. The third kappa shape index (κ3) is 2.18. The number of carboxylic acid groups (broad SMARTS) is 1. The van der Waals surface area contributed by atoms with Gasteiger partial charge in [0.25, 0.3) is 6.01 Å². The topological polar surface area (TPSA) is 106 Å². The monoisotopic (exact) mass is 273 g/mol. The number of rotatable bonds is 4. The van der Waals surface area contributed by atoms with Gasteiger partial charge in [0.15, 0.2) is 11.4 Å². The molecule has 2 aromatic heterocycles. The lowest BCUT2D eigenvalue weighted by Crippen LogP contribution is -2.05. The Morgan fingerprint density at radius 1 is 1.50 bits per heavy atom. The number of aryl methyl sites for hydroxylation is 1. The summed E-state index contributed by atoms with van der Waals surface area (Å²) in [7, 11) is 1.84. The second kappa shape index (κ2) is 4.65. The molecule has 0 spiro atoms. The maximum Gasteiger partial charge on any atom is 0.335 e. The van der Waals surface area contributed by atoms with Crippen molar-refractivity contribution in [3.8, 4) is 0 Å². The van der Waals surface area contributed by atoms with Crippen molar-refractivity contribution in [3.05, 3.63) is 35.9 Å². The molecular formula is C12H11N5O3. The summed E-state index contributed by atoms with van der Waals surface area (Å²) in [5.41, 5.74) is 1.18. The Labute approximate surface area is 113 Å². The molecule has 102 valence electrons. The summed E-state index contributed by atoms with van der Waals surface area (Å²) in [6.07, 6.45) is 1.60. The zero-order valence-electron chi connectivity index (χ0n) is 10.6. The molecule has 0 amide bonds. The van der Waals surface area contributed by atoms with Gasteiger partial charge in [-0.3, -0.25) is 0 Å². The number of hydrogen-bond acceptors (Lipinski definition) is 6. The molecule has 0 atom stereocenters. The number of aromatic carboxylic acids is 1. The van der Waals surface area contributed by atoms with Crippen molar-refractivity contribution >= 4 is 23.1 Å². The Morgan fingerprint density at radius 3 is 3.05 bits per heavy atom. The highest BCUT2D eigenvalue weighted by Gasteiger charge is 2.10. The van der Waals surface area contributed by atoms with Crippen molar-refractivity contribution in [1.82, 2.24) is 19.7 Å².